The summed E-state index contributed by atoms with van der Waals surface area (Å²) < 4.78 is 5.78. The van der Waals surface area contributed by atoms with Crippen LogP contribution < -0.4 is 4.90 Å². The van der Waals surface area contributed by atoms with E-state index in [9.17, 15) is 5.11 Å². The predicted molar refractivity (Wildman–Crippen MR) is 63.1 cm³/mol. The molecule has 1 heterocycles. The molecule has 1 atom stereocenters. The molecule has 0 aromatic carbocycles. The molecular formula is C10H15BrN2O2. The van der Waals surface area contributed by atoms with E-state index in [1.807, 2.05) is 24.1 Å². The van der Waals surface area contributed by atoms with E-state index in [-0.39, 0.29) is 0 Å². The molecule has 0 fully saturated rings. The van der Waals surface area contributed by atoms with Gasteiger partial charge in [0, 0.05) is 26.9 Å². The van der Waals surface area contributed by atoms with E-state index in [2.05, 4.69) is 20.9 Å². The van der Waals surface area contributed by atoms with Crippen molar-refractivity contribution >= 4 is 21.7 Å². The second-order valence-corrected chi connectivity index (χ2v) is 4.15. The molecule has 1 aromatic heterocycles. The van der Waals surface area contributed by atoms with E-state index in [1.165, 1.54) is 0 Å². The highest BCUT2D eigenvalue weighted by Crippen LogP contribution is 2.21. The van der Waals surface area contributed by atoms with Gasteiger partial charge in [-0.3, -0.25) is 0 Å². The maximum absolute atomic E-state index is 9.56. The van der Waals surface area contributed by atoms with Crippen molar-refractivity contribution in [3.05, 3.63) is 22.8 Å². The molecule has 1 rings (SSSR count). The van der Waals surface area contributed by atoms with Crippen LogP contribution in [-0.4, -0.2) is 43.5 Å². The Morgan fingerprint density at radius 1 is 1.67 bits per heavy atom. The number of aromatic nitrogens is 1. The van der Waals surface area contributed by atoms with Crippen molar-refractivity contribution in [3.63, 3.8) is 0 Å². The monoisotopic (exact) mass is 274 g/mol. The molecule has 0 radical (unpaired) electrons. The lowest BCUT2D eigenvalue weighted by Gasteiger charge is -2.22. The van der Waals surface area contributed by atoms with Crippen LogP contribution in [0.1, 0.15) is 0 Å². The number of pyridine rings is 1. The van der Waals surface area contributed by atoms with Crippen LogP contribution in [0.25, 0.3) is 0 Å². The van der Waals surface area contributed by atoms with Crippen molar-refractivity contribution in [1.82, 2.24) is 4.98 Å². The minimum Gasteiger partial charge on any atom is -0.389 e. The molecule has 1 unspecified atom stereocenters. The maximum Gasteiger partial charge on any atom is 0.142 e. The van der Waals surface area contributed by atoms with Gasteiger partial charge in [0.2, 0.25) is 0 Å². The molecule has 0 aliphatic carbocycles. The molecule has 1 N–H and O–H groups in total. The van der Waals surface area contributed by atoms with Crippen molar-refractivity contribution < 1.29 is 9.84 Å². The van der Waals surface area contributed by atoms with Gasteiger partial charge in [0.25, 0.3) is 0 Å². The molecule has 4 nitrogen and oxygen atoms in total. The average Bonchev–Trinajstić information content (AvgIpc) is 2.18. The Hall–Kier alpha value is -0.650. The lowest BCUT2D eigenvalue weighted by atomic mass is 10.3. The van der Waals surface area contributed by atoms with Crippen molar-refractivity contribution in [2.75, 3.05) is 32.2 Å². The first kappa shape index (κ1) is 12.4. The van der Waals surface area contributed by atoms with Gasteiger partial charge in [0.15, 0.2) is 0 Å². The fourth-order valence-electron chi connectivity index (χ4n) is 1.31. The Labute approximate surface area is 98.0 Å². The summed E-state index contributed by atoms with van der Waals surface area (Å²) in [6, 6.07) is 3.77. The normalized spacial score (nSPS) is 12.5. The average molecular weight is 275 g/mol. The van der Waals surface area contributed by atoms with Gasteiger partial charge in [-0.2, -0.15) is 0 Å². The lowest BCUT2D eigenvalue weighted by Crippen LogP contribution is -2.32. The minimum atomic E-state index is -0.506. The van der Waals surface area contributed by atoms with Crippen molar-refractivity contribution in [2.24, 2.45) is 0 Å². The summed E-state index contributed by atoms with van der Waals surface area (Å²) in [6.07, 6.45) is 1.22. The third kappa shape index (κ3) is 3.77. The van der Waals surface area contributed by atoms with Gasteiger partial charge in [-0.25, -0.2) is 4.98 Å². The van der Waals surface area contributed by atoms with Crippen LogP contribution in [0.2, 0.25) is 0 Å². The van der Waals surface area contributed by atoms with E-state index in [1.54, 1.807) is 13.3 Å². The summed E-state index contributed by atoms with van der Waals surface area (Å²) in [5.41, 5.74) is 0. The molecular weight excluding hydrogens is 260 g/mol. The summed E-state index contributed by atoms with van der Waals surface area (Å²) in [4.78, 5) is 6.10. The van der Waals surface area contributed by atoms with Crippen LogP contribution in [0.3, 0.4) is 0 Å². The second-order valence-electron chi connectivity index (χ2n) is 3.30. The summed E-state index contributed by atoms with van der Waals surface area (Å²) >= 11 is 3.41. The Morgan fingerprint density at radius 3 is 3.00 bits per heavy atom. The predicted octanol–water partition coefficient (Wildman–Crippen LogP) is 1.29. The van der Waals surface area contributed by atoms with Crippen molar-refractivity contribution in [3.8, 4) is 0 Å². The highest BCUT2D eigenvalue weighted by atomic mass is 79.9. The lowest BCUT2D eigenvalue weighted by molar-refractivity contribution is 0.0694. The maximum atomic E-state index is 9.56. The topological polar surface area (TPSA) is 45.6 Å². The van der Waals surface area contributed by atoms with Crippen LogP contribution in [0.15, 0.2) is 22.8 Å². The number of halogens is 1. The Kier molecular flexibility index (Phi) is 5.01. The summed E-state index contributed by atoms with van der Waals surface area (Å²) in [6.45, 7) is 0.818. The van der Waals surface area contributed by atoms with Gasteiger partial charge in [0.1, 0.15) is 5.82 Å². The molecule has 0 spiro atoms. The minimum absolute atomic E-state index is 0.328. The summed E-state index contributed by atoms with van der Waals surface area (Å²) in [7, 11) is 3.45. The van der Waals surface area contributed by atoms with Gasteiger partial charge in [-0.1, -0.05) is 0 Å². The van der Waals surface area contributed by atoms with E-state index >= 15 is 0 Å². The smallest absolute Gasteiger partial charge is 0.142 e. The second kappa shape index (κ2) is 6.05. The first-order valence-corrected chi connectivity index (χ1v) is 5.43. The molecule has 0 aliphatic rings. The fourth-order valence-corrected chi connectivity index (χ4v) is 1.86. The Bertz CT molecular complexity index is 309. The first-order chi connectivity index (χ1) is 7.15. The van der Waals surface area contributed by atoms with Gasteiger partial charge in [0.05, 0.1) is 17.2 Å². The van der Waals surface area contributed by atoms with Gasteiger partial charge < -0.3 is 14.7 Å². The van der Waals surface area contributed by atoms with Gasteiger partial charge in [-0.05, 0) is 28.1 Å². The number of nitrogens with zero attached hydrogens (tertiary/aromatic N) is 2. The third-order valence-electron chi connectivity index (χ3n) is 1.94. The molecule has 1 aromatic rings. The van der Waals surface area contributed by atoms with E-state index in [0.717, 1.165) is 10.3 Å². The number of hydrogen-bond acceptors (Lipinski definition) is 4. The summed E-state index contributed by atoms with van der Waals surface area (Å²) in [5, 5.41) is 9.56. The first-order valence-electron chi connectivity index (χ1n) is 4.63. The van der Waals surface area contributed by atoms with Crippen LogP contribution >= 0.6 is 15.9 Å². The van der Waals surface area contributed by atoms with Crippen molar-refractivity contribution in [2.45, 2.75) is 6.10 Å². The quantitative estimate of drug-likeness (QED) is 0.879. The Balaban J connectivity index is 2.61. The molecule has 84 valence electrons. The molecule has 0 saturated carbocycles. The molecule has 0 saturated heterocycles. The van der Waals surface area contributed by atoms with Gasteiger partial charge in [-0.15, -0.1) is 0 Å². The zero-order valence-corrected chi connectivity index (χ0v) is 10.4. The number of methoxy groups -OCH3 is 1. The number of rotatable bonds is 5. The highest BCUT2D eigenvalue weighted by molar-refractivity contribution is 9.10. The standard InChI is InChI=1S/C10H15BrN2O2/c1-13(6-8(14)7-15-2)10-9(11)4-3-5-12-10/h3-5,8,14H,6-7H2,1-2H3. The Morgan fingerprint density at radius 2 is 2.40 bits per heavy atom. The largest absolute Gasteiger partial charge is 0.389 e. The van der Waals surface area contributed by atoms with Crippen LogP contribution in [0, 0.1) is 0 Å². The zero-order chi connectivity index (χ0) is 11.3. The number of aliphatic hydroxyl groups is 1. The number of anilines is 1. The highest BCUT2D eigenvalue weighted by Gasteiger charge is 2.11. The molecule has 5 heteroatoms. The van der Waals surface area contributed by atoms with Crippen LogP contribution in [0.4, 0.5) is 5.82 Å². The molecule has 0 bridgehead atoms. The SMILES string of the molecule is COCC(O)CN(C)c1ncccc1Br. The van der Waals surface area contributed by atoms with Gasteiger partial charge >= 0.3 is 0 Å². The number of likely N-dealkylation sites (N-methyl/N-ethyl adjacent to an activating group) is 1. The molecule has 0 amide bonds. The van der Waals surface area contributed by atoms with Crippen LogP contribution in [0.5, 0.6) is 0 Å². The summed E-state index contributed by atoms with van der Waals surface area (Å²) in [5.74, 6) is 0.813. The number of ether oxygens (including phenoxy) is 1. The van der Waals surface area contributed by atoms with Crippen molar-refractivity contribution in [1.29, 1.82) is 0 Å². The van der Waals surface area contributed by atoms with E-state index in [0.29, 0.717) is 13.2 Å². The van der Waals surface area contributed by atoms with E-state index < -0.39 is 6.10 Å². The third-order valence-corrected chi connectivity index (χ3v) is 2.56. The fraction of sp³-hybridized carbons (Fsp3) is 0.500. The molecule has 15 heavy (non-hydrogen) atoms. The number of hydrogen-bond donors (Lipinski definition) is 1. The van der Waals surface area contributed by atoms with Crippen LogP contribution in [-0.2, 0) is 4.74 Å². The number of aliphatic hydroxyl groups excluding tert-OH is 1. The van der Waals surface area contributed by atoms with E-state index in [4.69, 9.17) is 4.74 Å². The molecule has 0 aliphatic heterocycles. The zero-order valence-electron chi connectivity index (χ0n) is 8.85.